The number of rotatable bonds is 7. The second kappa shape index (κ2) is 9.70. The highest BCUT2D eigenvalue weighted by atomic mass is 35.5. The first-order valence-electron chi connectivity index (χ1n) is 13.9. The molecule has 0 unspecified atom stereocenters. The molecule has 2 aliphatic heterocycles. The highest BCUT2D eigenvalue weighted by Gasteiger charge is 2.46. The molecule has 4 atom stereocenters. The second-order valence-electron chi connectivity index (χ2n) is 11.3. The van der Waals surface area contributed by atoms with Crippen LogP contribution in [0.5, 0.6) is 0 Å². The summed E-state index contributed by atoms with van der Waals surface area (Å²) in [4.78, 5) is 7.70. The fourth-order valence-corrected chi connectivity index (χ4v) is 8.35. The SMILES string of the molecule is Clc1cccc(Cl)c1-n1nnc(C2CC2)c1CO[C@@H]1C[C@@H]2C[C@H]1CN2c1nc2c([C@@H]3CCOC3)cccc2s1. The largest absolute Gasteiger partial charge is 0.381 e. The predicted molar refractivity (Wildman–Crippen MR) is 154 cm³/mol. The van der Waals surface area contributed by atoms with Gasteiger partial charge in [0.1, 0.15) is 5.69 Å². The summed E-state index contributed by atoms with van der Waals surface area (Å²) < 4.78 is 15.4. The quantitative estimate of drug-likeness (QED) is 0.240. The van der Waals surface area contributed by atoms with E-state index in [4.69, 9.17) is 37.7 Å². The predicted octanol–water partition coefficient (Wildman–Crippen LogP) is 6.75. The summed E-state index contributed by atoms with van der Waals surface area (Å²) in [6, 6.07) is 12.6. The van der Waals surface area contributed by atoms with Gasteiger partial charge in [0.25, 0.3) is 0 Å². The molecular formula is C29H29Cl2N5O2S. The molecule has 0 spiro atoms. The van der Waals surface area contributed by atoms with E-state index in [0.717, 1.165) is 73.9 Å². The van der Waals surface area contributed by atoms with Crippen molar-refractivity contribution in [3.05, 3.63) is 63.4 Å². The van der Waals surface area contributed by atoms with Crippen LogP contribution in [0.1, 0.15) is 60.9 Å². The van der Waals surface area contributed by atoms with E-state index >= 15 is 0 Å². The van der Waals surface area contributed by atoms with Gasteiger partial charge in [-0.3, -0.25) is 0 Å². The molecule has 4 aromatic rings. The maximum Gasteiger partial charge on any atom is 0.186 e. The Balaban J connectivity index is 1.00. The van der Waals surface area contributed by atoms with Crippen LogP contribution >= 0.6 is 34.5 Å². The molecule has 2 saturated heterocycles. The molecule has 4 fully saturated rings. The zero-order valence-electron chi connectivity index (χ0n) is 21.4. The topological polar surface area (TPSA) is 65.3 Å². The van der Waals surface area contributed by atoms with Crippen molar-refractivity contribution in [1.82, 2.24) is 20.0 Å². The van der Waals surface area contributed by atoms with Gasteiger partial charge in [-0.15, -0.1) is 5.10 Å². The number of halogens is 2. The van der Waals surface area contributed by atoms with Gasteiger partial charge < -0.3 is 14.4 Å². The standard InChI is InChI=1S/C29H29Cl2N5O2S/c30-21-4-2-5-22(31)28(21)36-23(26(33-34-36)16-7-8-16)15-38-24-12-19-11-18(24)13-35(19)29-32-27-20(17-9-10-37-14-17)3-1-6-25(27)39-29/h1-6,16-19,24H,7-15H2/t17-,18+,19+,24-/m1/s1. The highest BCUT2D eigenvalue weighted by Crippen LogP contribution is 2.46. The van der Waals surface area contributed by atoms with Crippen LogP contribution in [0, 0.1) is 5.92 Å². The molecule has 2 aliphatic carbocycles. The maximum absolute atomic E-state index is 6.63. The normalized spacial score (nSPS) is 26.4. The summed E-state index contributed by atoms with van der Waals surface area (Å²) in [6.45, 7) is 3.10. The smallest absolute Gasteiger partial charge is 0.186 e. The van der Waals surface area contributed by atoms with Gasteiger partial charge in [0.05, 0.1) is 51.0 Å². The van der Waals surface area contributed by atoms with E-state index < -0.39 is 0 Å². The molecule has 7 nitrogen and oxygen atoms in total. The number of aromatic nitrogens is 4. The van der Waals surface area contributed by atoms with E-state index in [9.17, 15) is 0 Å². The van der Waals surface area contributed by atoms with Crippen LogP contribution in [0.2, 0.25) is 10.0 Å². The maximum atomic E-state index is 6.63. The van der Waals surface area contributed by atoms with E-state index in [0.29, 0.717) is 46.1 Å². The number of hydrogen-bond donors (Lipinski definition) is 0. The first-order chi connectivity index (χ1) is 19.1. The average molecular weight is 583 g/mol. The van der Waals surface area contributed by atoms with Crippen LogP contribution in [0.4, 0.5) is 5.13 Å². The average Bonchev–Trinajstić information content (AvgIpc) is 3.45. The number of nitrogens with zero attached hydrogens (tertiary/aromatic N) is 5. The van der Waals surface area contributed by atoms with E-state index in [1.165, 1.54) is 10.3 Å². The van der Waals surface area contributed by atoms with E-state index in [2.05, 4.69) is 33.4 Å². The van der Waals surface area contributed by atoms with Crippen molar-refractivity contribution in [2.75, 3.05) is 24.7 Å². The molecular weight excluding hydrogens is 553 g/mol. The second-order valence-corrected chi connectivity index (χ2v) is 13.1. The minimum atomic E-state index is 0.212. The van der Waals surface area contributed by atoms with Crippen LogP contribution < -0.4 is 4.90 Å². The Hall–Kier alpha value is -2.23. The lowest BCUT2D eigenvalue weighted by Gasteiger charge is -2.31. The van der Waals surface area contributed by atoms with Gasteiger partial charge in [0, 0.05) is 36.9 Å². The van der Waals surface area contributed by atoms with Gasteiger partial charge in [-0.25, -0.2) is 9.67 Å². The molecule has 0 N–H and O–H groups in total. The summed E-state index contributed by atoms with van der Waals surface area (Å²) in [5, 5.41) is 11.3. The molecule has 2 bridgehead atoms. The monoisotopic (exact) mass is 581 g/mol. The Labute approximate surface area is 241 Å². The lowest BCUT2D eigenvalue weighted by Crippen LogP contribution is -2.38. The summed E-state index contributed by atoms with van der Waals surface area (Å²) in [7, 11) is 0. The van der Waals surface area contributed by atoms with Gasteiger partial charge in [0.2, 0.25) is 0 Å². The van der Waals surface area contributed by atoms with Crippen LogP contribution in [0.3, 0.4) is 0 Å². The van der Waals surface area contributed by atoms with Crippen molar-refractivity contribution < 1.29 is 9.47 Å². The van der Waals surface area contributed by atoms with Crippen molar-refractivity contribution in [2.45, 2.75) is 62.7 Å². The Bertz CT molecular complexity index is 1530. The van der Waals surface area contributed by atoms with E-state index in [-0.39, 0.29) is 6.10 Å². The summed E-state index contributed by atoms with van der Waals surface area (Å²) in [5.74, 6) is 1.40. The number of piperidine rings is 1. The molecule has 202 valence electrons. The molecule has 2 saturated carbocycles. The Morgan fingerprint density at radius 1 is 1.03 bits per heavy atom. The first kappa shape index (κ1) is 24.6. The van der Waals surface area contributed by atoms with Gasteiger partial charge in [-0.05, 0) is 55.9 Å². The highest BCUT2D eigenvalue weighted by molar-refractivity contribution is 7.22. The number of hydrogen-bond acceptors (Lipinski definition) is 7. The minimum Gasteiger partial charge on any atom is -0.381 e. The molecule has 0 amide bonds. The van der Waals surface area contributed by atoms with E-state index in [1.807, 2.05) is 29.5 Å². The van der Waals surface area contributed by atoms with Crippen LogP contribution in [-0.2, 0) is 16.1 Å². The Morgan fingerprint density at radius 2 is 1.87 bits per heavy atom. The Kier molecular flexibility index (Phi) is 6.11. The number of ether oxygens (including phenoxy) is 2. The molecule has 4 heterocycles. The summed E-state index contributed by atoms with van der Waals surface area (Å²) in [5.41, 5.74) is 5.18. The summed E-state index contributed by atoms with van der Waals surface area (Å²) in [6.07, 6.45) is 5.73. The Morgan fingerprint density at radius 3 is 2.62 bits per heavy atom. The third-order valence-electron chi connectivity index (χ3n) is 8.87. The van der Waals surface area contributed by atoms with Crippen molar-refractivity contribution in [3.8, 4) is 5.69 Å². The molecule has 10 heteroatoms. The van der Waals surface area contributed by atoms with E-state index in [1.54, 1.807) is 4.68 Å². The van der Waals surface area contributed by atoms with Crippen molar-refractivity contribution in [1.29, 1.82) is 0 Å². The molecule has 4 aliphatic rings. The lowest BCUT2D eigenvalue weighted by molar-refractivity contribution is 0.00991. The minimum absolute atomic E-state index is 0.212. The zero-order chi connectivity index (χ0) is 26.1. The first-order valence-corrected chi connectivity index (χ1v) is 15.5. The molecule has 2 aromatic carbocycles. The van der Waals surface area contributed by atoms with Gasteiger partial charge >= 0.3 is 0 Å². The molecule has 2 aromatic heterocycles. The zero-order valence-corrected chi connectivity index (χ0v) is 23.8. The number of para-hydroxylation sites is 2. The molecule has 39 heavy (non-hydrogen) atoms. The fraction of sp³-hybridized carbons (Fsp3) is 0.483. The van der Waals surface area contributed by atoms with Gasteiger partial charge in [-0.2, -0.15) is 0 Å². The molecule has 0 radical (unpaired) electrons. The van der Waals surface area contributed by atoms with Gasteiger partial charge in [-0.1, -0.05) is 58.0 Å². The fourth-order valence-electron chi connectivity index (χ4n) is 6.71. The van der Waals surface area contributed by atoms with Crippen LogP contribution in [-0.4, -0.2) is 51.9 Å². The van der Waals surface area contributed by atoms with Crippen molar-refractivity contribution in [2.24, 2.45) is 5.92 Å². The summed E-state index contributed by atoms with van der Waals surface area (Å²) >= 11 is 14.9. The van der Waals surface area contributed by atoms with Gasteiger partial charge in [0.15, 0.2) is 5.13 Å². The third-order valence-corrected chi connectivity index (χ3v) is 10.5. The number of fused-ring (bicyclic) bond motifs is 3. The van der Waals surface area contributed by atoms with Crippen molar-refractivity contribution >= 4 is 49.9 Å². The molecule has 8 rings (SSSR count). The number of benzene rings is 2. The lowest BCUT2D eigenvalue weighted by atomic mass is 9.98. The van der Waals surface area contributed by atoms with Crippen molar-refractivity contribution in [3.63, 3.8) is 0 Å². The number of thiazole rings is 1. The third kappa shape index (κ3) is 4.27. The van der Waals surface area contributed by atoms with Crippen LogP contribution in [0.15, 0.2) is 36.4 Å². The van der Waals surface area contributed by atoms with Crippen LogP contribution in [0.25, 0.3) is 15.9 Å². The number of anilines is 1.